The average molecular weight is 401 g/mol. The van der Waals surface area contributed by atoms with Gasteiger partial charge in [0.25, 0.3) is 0 Å². The minimum Gasteiger partial charge on any atom is -0.374 e. The molecule has 0 aliphatic rings. The third kappa shape index (κ3) is 12.2. The summed E-state index contributed by atoms with van der Waals surface area (Å²) in [6.45, 7) is 19.7. The molecule has 0 spiro atoms. The Morgan fingerprint density at radius 1 is 0.400 bits per heavy atom. The lowest BCUT2D eigenvalue weighted by Crippen LogP contribution is -2.49. The van der Waals surface area contributed by atoms with Gasteiger partial charge in [-0.25, -0.2) is 0 Å². The summed E-state index contributed by atoms with van der Waals surface area (Å²) in [4.78, 5) is 0. The van der Waals surface area contributed by atoms with Crippen molar-refractivity contribution in [1.82, 2.24) is 0 Å². The fourth-order valence-corrected chi connectivity index (χ4v) is 6.14. The van der Waals surface area contributed by atoms with Crippen LogP contribution in [0.15, 0.2) is 0 Å². The van der Waals surface area contributed by atoms with E-state index >= 15 is 0 Å². The number of hydrogen-bond donors (Lipinski definition) is 0. The van der Waals surface area contributed by atoms with Crippen LogP contribution in [0.2, 0.25) is 6.04 Å². The summed E-state index contributed by atoms with van der Waals surface area (Å²) in [5.41, 5.74) is 0. The van der Waals surface area contributed by atoms with Crippen LogP contribution in [0.4, 0.5) is 0 Å². The summed E-state index contributed by atoms with van der Waals surface area (Å²) in [6.07, 6.45) is 0. The Kier molecular flexibility index (Phi) is 19.2. The maximum Gasteiger partial charge on any atom is 0.679 e. The fraction of sp³-hybridized carbons (Fsp3) is 1.00. The quantitative estimate of drug-likeness (QED) is 0.389. The largest absolute Gasteiger partial charge is 0.679 e. The maximum absolute atomic E-state index is 5.55. The molecule has 0 aliphatic heterocycles. The molecular formula is C16H40O7Si2. The van der Waals surface area contributed by atoms with Crippen LogP contribution in [0.1, 0.15) is 55.4 Å². The van der Waals surface area contributed by atoms with Gasteiger partial charge in [-0.1, -0.05) is 6.92 Å². The van der Waals surface area contributed by atoms with E-state index in [-0.39, 0.29) is 0 Å². The summed E-state index contributed by atoms with van der Waals surface area (Å²) in [5, 5.41) is 0. The van der Waals surface area contributed by atoms with Gasteiger partial charge in [0.15, 0.2) is 0 Å². The van der Waals surface area contributed by atoms with E-state index in [1.165, 1.54) is 0 Å². The van der Waals surface area contributed by atoms with Crippen LogP contribution >= 0.6 is 0 Å². The molecule has 25 heavy (non-hydrogen) atoms. The smallest absolute Gasteiger partial charge is 0.374 e. The lowest BCUT2D eigenvalue weighted by atomic mass is 10.9. The topological polar surface area (TPSA) is 64.6 Å². The van der Waals surface area contributed by atoms with E-state index in [1.807, 2.05) is 55.4 Å². The van der Waals surface area contributed by atoms with Crippen molar-refractivity contribution in [3.8, 4) is 0 Å². The van der Waals surface area contributed by atoms with Crippen molar-refractivity contribution in [2.24, 2.45) is 0 Å². The van der Waals surface area contributed by atoms with Crippen molar-refractivity contribution in [2.45, 2.75) is 61.4 Å². The SMILES string of the molecule is CCO[Si](CC)(OCC)OCC.CCO[Si](OCC)(OCC)OCC. The molecule has 0 aromatic rings. The molecule has 0 heterocycles. The van der Waals surface area contributed by atoms with E-state index in [9.17, 15) is 0 Å². The molecule has 0 aromatic heterocycles. The van der Waals surface area contributed by atoms with Crippen molar-refractivity contribution in [1.29, 1.82) is 0 Å². The highest BCUT2D eigenvalue weighted by atomic mass is 28.4. The molecule has 0 rings (SSSR count). The molecule has 7 nitrogen and oxygen atoms in total. The standard InChI is InChI=1S/C8H20O4Si.C8H20O3Si/c1-5-9-13(10-6-2,11-7-3)12-8-4;1-5-9-12(8-4,10-6-2)11-7-3/h5-8H2,1-4H3;5-8H2,1-4H3. The predicted octanol–water partition coefficient (Wildman–Crippen LogP) is 3.62. The highest BCUT2D eigenvalue weighted by Crippen LogP contribution is 2.14. The third-order valence-corrected chi connectivity index (χ3v) is 8.43. The molecule has 0 saturated heterocycles. The van der Waals surface area contributed by atoms with Gasteiger partial charge >= 0.3 is 17.9 Å². The first-order chi connectivity index (χ1) is 12.0. The molecule has 0 fully saturated rings. The molecule has 9 heteroatoms. The summed E-state index contributed by atoms with van der Waals surface area (Å²) in [7, 11) is -5.07. The Morgan fingerprint density at radius 2 is 0.640 bits per heavy atom. The molecular weight excluding hydrogens is 360 g/mol. The summed E-state index contributed by atoms with van der Waals surface area (Å²) < 4.78 is 38.4. The van der Waals surface area contributed by atoms with Gasteiger partial charge in [-0.05, 0) is 48.5 Å². The van der Waals surface area contributed by atoms with Gasteiger partial charge < -0.3 is 31.0 Å². The van der Waals surface area contributed by atoms with Crippen LogP contribution in [-0.2, 0) is 31.0 Å². The van der Waals surface area contributed by atoms with E-state index in [2.05, 4.69) is 0 Å². The van der Waals surface area contributed by atoms with Gasteiger partial charge in [0.2, 0.25) is 0 Å². The van der Waals surface area contributed by atoms with Crippen LogP contribution in [-0.4, -0.2) is 64.1 Å². The second-order valence-electron chi connectivity index (χ2n) is 4.57. The van der Waals surface area contributed by atoms with Gasteiger partial charge in [-0.15, -0.1) is 0 Å². The Hall–Kier alpha value is 0.154. The molecule has 0 unspecified atom stereocenters. The molecule has 0 saturated carbocycles. The molecule has 0 amide bonds. The van der Waals surface area contributed by atoms with Gasteiger partial charge in [0.05, 0.1) is 0 Å². The van der Waals surface area contributed by atoms with Crippen LogP contribution in [0.25, 0.3) is 0 Å². The Balaban J connectivity index is 0. The third-order valence-electron chi connectivity index (χ3n) is 2.81. The van der Waals surface area contributed by atoms with E-state index in [1.54, 1.807) is 0 Å². The number of hydrogen-bond acceptors (Lipinski definition) is 7. The van der Waals surface area contributed by atoms with E-state index in [4.69, 9.17) is 31.0 Å². The fourth-order valence-electron chi connectivity index (χ4n) is 2.05. The molecule has 0 radical (unpaired) electrons. The molecule has 0 atom stereocenters. The van der Waals surface area contributed by atoms with Crippen molar-refractivity contribution in [3.05, 3.63) is 0 Å². The van der Waals surface area contributed by atoms with Gasteiger partial charge in [0, 0.05) is 52.3 Å². The van der Waals surface area contributed by atoms with Crippen molar-refractivity contribution in [3.63, 3.8) is 0 Å². The molecule has 154 valence electrons. The van der Waals surface area contributed by atoms with Crippen molar-refractivity contribution in [2.75, 3.05) is 46.2 Å². The van der Waals surface area contributed by atoms with E-state index in [0.717, 1.165) is 6.04 Å². The van der Waals surface area contributed by atoms with Crippen molar-refractivity contribution >= 4 is 17.9 Å². The Morgan fingerprint density at radius 3 is 0.800 bits per heavy atom. The molecule has 0 bridgehead atoms. The van der Waals surface area contributed by atoms with Gasteiger partial charge in [-0.2, -0.15) is 0 Å². The van der Waals surface area contributed by atoms with Crippen molar-refractivity contribution < 1.29 is 31.0 Å². The van der Waals surface area contributed by atoms with E-state index in [0.29, 0.717) is 46.2 Å². The zero-order valence-electron chi connectivity index (χ0n) is 17.5. The van der Waals surface area contributed by atoms with Crippen LogP contribution < -0.4 is 0 Å². The summed E-state index contributed by atoms with van der Waals surface area (Å²) in [6, 6.07) is 0.850. The second kappa shape index (κ2) is 17.6. The monoisotopic (exact) mass is 400 g/mol. The van der Waals surface area contributed by atoms with E-state index < -0.39 is 17.9 Å². The highest BCUT2D eigenvalue weighted by molar-refractivity contribution is 6.60. The maximum atomic E-state index is 5.55. The zero-order valence-corrected chi connectivity index (χ0v) is 19.5. The lowest BCUT2D eigenvalue weighted by Gasteiger charge is -2.26. The predicted molar refractivity (Wildman–Crippen MR) is 103 cm³/mol. The molecule has 0 aromatic carbocycles. The first kappa shape index (κ1) is 27.4. The Labute approximate surface area is 157 Å². The number of rotatable bonds is 15. The van der Waals surface area contributed by atoms with Crippen LogP contribution in [0.3, 0.4) is 0 Å². The van der Waals surface area contributed by atoms with Crippen LogP contribution in [0, 0.1) is 0 Å². The highest BCUT2D eigenvalue weighted by Gasteiger charge is 2.44. The second-order valence-corrected chi connectivity index (χ2v) is 9.66. The minimum atomic E-state index is -2.80. The zero-order chi connectivity index (χ0) is 19.6. The average Bonchev–Trinajstić information content (AvgIpc) is 2.57. The minimum absolute atomic E-state index is 0.548. The summed E-state index contributed by atoms with van der Waals surface area (Å²) >= 11 is 0. The molecule has 0 N–H and O–H groups in total. The lowest BCUT2D eigenvalue weighted by molar-refractivity contribution is -0.0247. The molecule has 0 aliphatic carbocycles. The van der Waals surface area contributed by atoms with Gasteiger partial charge in [-0.3, -0.25) is 0 Å². The first-order valence-corrected chi connectivity index (χ1v) is 13.0. The Bertz CT molecular complexity index is 237. The summed E-state index contributed by atoms with van der Waals surface area (Å²) in [5.74, 6) is 0. The van der Waals surface area contributed by atoms with Crippen LogP contribution in [0.5, 0.6) is 0 Å². The normalized spacial score (nSPS) is 12.0. The van der Waals surface area contributed by atoms with Gasteiger partial charge in [0.1, 0.15) is 0 Å². The first-order valence-electron chi connectivity index (χ1n) is 9.46.